The quantitative estimate of drug-likeness (QED) is 0.448. The Labute approximate surface area is 97.6 Å². The van der Waals surface area contributed by atoms with Crippen LogP contribution in [0.25, 0.3) is 0 Å². The van der Waals surface area contributed by atoms with Crippen molar-refractivity contribution in [2.24, 2.45) is 11.8 Å². The molecule has 0 aliphatic heterocycles. The van der Waals surface area contributed by atoms with Gasteiger partial charge in [-0.3, -0.25) is 4.79 Å². The molecule has 0 radical (unpaired) electrons. The number of hydrogen-bond acceptors (Lipinski definition) is 3. The maximum atomic E-state index is 10.5. The van der Waals surface area contributed by atoms with E-state index >= 15 is 0 Å². The van der Waals surface area contributed by atoms with Crippen LogP contribution in [0.3, 0.4) is 0 Å². The standard InChI is InChI=1S/C12H24O4/c1-3-10(5-6-12(14)15)11(4-2)7-8-16-9-13/h10-11,13H,3-9H2,1-2H3,(H,14,15). The minimum Gasteiger partial charge on any atom is -0.481 e. The lowest BCUT2D eigenvalue weighted by Gasteiger charge is -2.24. The number of carboxylic acids is 1. The number of ether oxygens (including phenoxy) is 1. The van der Waals surface area contributed by atoms with Gasteiger partial charge in [0, 0.05) is 13.0 Å². The molecular formula is C12H24O4. The molecule has 0 bridgehead atoms. The van der Waals surface area contributed by atoms with Crippen LogP contribution in [0.5, 0.6) is 0 Å². The summed E-state index contributed by atoms with van der Waals surface area (Å²) < 4.78 is 4.93. The average Bonchev–Trinajstić information content (AvgIpc) is 2.27. The van der Waals surface area contributed by atoms with E-state index in [-0.39, 0.29) is 13.2 Å². The summed E-state index contributed by atoms with van der Waals surface area (Å²) in [7, 11) is 0. The Hall–Kier alpha value is -0.610. The molecule has 4 nitrogen and oxygen atoms in total. The molecule has 2 N–H and O–H groups in total. The summed E-state index contributed by atoms with van der Waals surface area (Å²) in [6.45, 7) is 4.54. The van der Waals surface area contributed by atoms with Crippen molar-refractivity contribution in [1.29, 1.82) is 0 Å². The summed E-state index contributed by atoms with van der Waals surface area (Å²) >= 11 is 0. The van der Waals surface area contributed by atoms with Gasteiger partial charge in [0.05, 0.1) is 0 Å². The molecule has 0 aliphatic carbocycles. The Morgan fingerprint density at radius 3 is 2.19 bits per heavy atom. The van der Waals surface area contributed by atoms with Gasteiger partial charge in [-0.05, 0) is 24.7 Å². The molecule has 0 heterocycles. The van der Waals surface area contributed by atoms with Crippen LogP contribution in [0.1, 0.15) is 46.0 Å². The highest BCUT2D eigenvalue weighted by molar-refractivity contribution is 5.66. The first-order chi connectivity index (χ1) is 7.65. The number of hydrogen-bond donors (Lipinski definition) is 2. The number of aliphatic hydroxyl groups is 1. The topological polar surface area (TPSA) is 66.8 Å². The Balaban J connectivity index is 3.99. The Bertz CT molecular complexity index is 182. The molecule has 0 fully saturated rings. The predicted molar refractivity (Wildman–Crippen MR) is 62.1 cm³/mol. The molecule has 16 heavy (non-hydrogen) atoms. The van der Waals surface area contributed by atoms with Crippen LogP contribution in [0.15, 0.2) is 0 Å². The molecule has 0 saturated carbocycles. The zero-order valence-electron chi connectivity index (χ0n) is 10.3. The van der Waals surface area contributed by atoms with Crippen LogP contribution >= 0.6 is 0 Å². The van der Waals surface area contributed by atoms with Crippen molar-refractivity contribution in [2.45, 2.75) is 46.0 Å². The van der Waals surface area contributed by atoms with E-state index in [1.54, 1.807) is 0 Å². The monoisotopic (exact) mass is 232 g/mol. The van der Waals surface area contributed by atoms with Crippen molar-refractivity contribution in [3.63, 3.8) is 0 Å². The van der Waals surface area contributed by atoms with Crippen LogP contribution in [-0.2, 0) is 9.53 Å². The van der Waals surface area contributed by atoms with Gasteiger partial charge in [0.25, 0.3) is 0 Å². The Morgan fingerprint density at radius 1 is 1.19 bits per heavy atom. The molecule has 0 aromatic heterocycles. The van der Waals surface area contributed by atoms with Crippen molar-refractivity contribution in [3.8, 4) is 0 Å². The maximum absolute atomic E-state index is 10.5. The molecule has 0 rings (SSSR count). The van der Waals surface area contributed by atoms with Crippen molar-refractivity contribution < 1.29 is 19.7 Å². The van der Waals surface area contributed by atoms with Gasteiger partial charge in [-0.25, -0.2) is 0 Å². The zero-order chi connectivity index (χ0) is 12.4. The maximum Gasteiger partial charge on any atom is 0.303 e. The smallest absolute Gasteiger partial charge is 0.303 e. The highest BCUT2D eigenvalue weighted by Crippen LogP contribution is 2.27. The first kappa shape index (κ1) is 15.4. The van der Waals surface area contributed by atoms with Crippen molar-refractivity contribution >= 4 is 5.97 Å². The van der Waals surface area contributed by atoms with Crippen molar-refractivity contribution in [2.75, 3.05) is 13.4 Å². The summed E-state index contributed by atoms with van der Waals surface area (Å²) in [6, 6.07) is 0. The first-order valence-electron chi connectivity index (χ1n) is 6.06. The normalized spacial score (nSPS) is 14.7. The van der Waals surface area contributed by atoms with Crippen LogP contribution < -0.4 is 0 Å². The molecule has 2 atom stereocenters. The van der Waals surface area contributed by atoms with Crippen LogP contribution in [0.2, 0.25) is 0 Å². The summed E-state index contributed by atoms with van der Waals surface area (Å²) in [4.78, 5) is 10.5. The molecule has 2 unspecified atom stereocenters. The second-order valence-electron chi connectivity index (χ2n) is 4.10. The van der Waals surface area contributed by atoms with Crippen molar-refractivity contribution in [1.82, 2.24) is 0 Å². The second kappa shape index (κ2) is 9.60. The minimum absolute atomic E-state index is 0.234. The Morgan fingerprint density at radius 2 is 1.75 bits per heavy atom. The van der Waals surface area contributed by atoms with E-state index in [2.05, 4.69) is 13.8 Å². The van der Waals surface area contributed by atoms with Gasteiger partial charge in [-0.1, -0.05) is 26.7 Å². The van der Waals surface area contributed by atoms with Crippen LogP contribution in [0, 0.1) is 11.8 Å². The highest BCUT2D eigenvalue weighted by atomic mass is 16.6. The summed E-state index contributed by atoms with van der Waals surface area (Å²) in [5.41, 5.74) is 0. The molecule has 96 valence electrons. The molecule has 0 amide bonds. The molecular weight excluding hydrogens is 208 g/mol. The van der Waals surface area contributed by atoms with Gasteiger partial charge >= 0.3 is 5.97 Å². The number of carboxylic acid groups (broad SMARTS) is 1. The number of rotatable bonds is 10. The lowest BCUT2D eigenvalue weighted by molar-refractivity contribution is -0.137. The SMILES string of the molecule is CCC(CCOCO)C(CC)CCC(=O)O. The van der Waals surface area contributed by atoms with E-state index in [0.29, 0.717) is 18.4 Å². The largest absolute Gasteiger partial charge is 0.481 e. The number of aliphatic hydroxyl groups excluding tert-OH is 1. The zero-order valence-corrected chi connectivity index (χ0v) is 10.3. The van der Waals surface area contributed by atoms with Gasteiger partial charge in [0.15, 0.2) is 0 Å². The molecule has 0 saturated heterocycles. The fourth-order valence-corrected chi connectivity index (χ4v) is 2.15. The van der Waals surface area contributed by atoms with E-state index in [1.165, 1.54) is 0 Å². The van der Waals surface area contributed by atoms with E-state index in [1.807, 2.05) is 0 Å². The van der Waals surface area contributed by atoms with Gasteiger partial charge in [-0.15, -0.1) is 0 Å². The second-order valence-corrected chi connectivity index (χ2v) is 4.10. The fraction of sp³-hybridized carbons (Fsp3) is 0.917. The first-order valence-corrected chi connectivity index (χ1v) is 6.06. The van der Waals surface area contributed by atoms with Gasteiger partial charge in [0.1, 0.15) is 6.79 Å². The van der Waals surface area contributed by atoms with E-state index in [0.717, 1.165) is 25.7 Å². The average molecular weight is 232 g/mol. The summed E-state index contributed by atoms with van der Waals surface area (Å²) in [5, 5.41) is 17.2. The third-order valence-electron chi connectivity index (χ3n) is 3.17. The molecule has 4 heteroatoms. The number of carbonyl (C=O) groups is 1. The van der Waals surface area contributed by atoms with Gasteiger partial charge in [-0.2, -0.15) is 0 Å². The van der Waals surface area contributed by atoms with E-state index in [9.17, 15) is 4.79 Å². The number of aliphatic carboxylic acids is 1. The van der Waals surface area contributed by atoms with E-state index < -0.39 is 5.97 Å². The fourth-order valence-electron chi connectivity index (χ4n) is 2.15. The minimum atomic E-state index is -0.722. The summed E-state index contributed by atoms with van der Waals surface area (Å²) in [6.07, 6.45) is 3.92. The highest BCUT2D eigenvalue weighted by Gasteiger charge is 2.19. The van der Waals surface area contributed by atoms with Crippen molar-refractivity contribution in [3.05, 3.63) is 0 Å². The Kier molecular flexibility index (Phi) is 9.24. The lowest BCUT2D eigenvalue weighted by Crippen LogP contribution is -2.17. The molecule has 0 aromatic carbocycles. The molecule has 0 aromatic rings. The third kappa shape index (κ3) is 6.80. The lowest BCUT2D eigenvalue weighted by atomic mass is 9.82. The van der Waals surface area contributed by atoms with Crippen LogP contribution in [-0.4, -0.2) is 29.6 Å². The summed E-state index contributed by atoms with van der Waals surface area (Å²) in [5.74, 6) is 0.221. The molecule has 0 spiro atoms. The molecule has 0 aliphatic rings. The predicted octanol–water partition coefficient (Wildman–Crippen LogP) is 2.26. The van der Waals surface area contributed by atoms with Crippen LogP contribution in [0.4, 0.5) is 0 Å². The van der Waals surface area contributed by atoms with E-state index in [4.69, 9.17) is 14.9 Å². The van der Waals surface area contributed by atoms with Gasteiger partial charge in [0.2, 0.25) is 0 Å². The van der Waals surface area contributed by atoms with Gasteiger partial charge < -0.3 is 14.9 Å². The third-order valence-corrected chi connectivity index (χ3v) is 3.17.